The van der Waals surface area contributed by atoms with Gasteiger partial charge in [-0.2, -0.15) is 0 Å². The van der Waals surface area contributed by atoms with Crippen molar-refractivity contribution in [1.82, 2.24) is 0 Å². The Kier molecular flexibility index (Phi) is 3.92. The second-order valence-corrected chi connectivity index (χ2v) is 6.80. The number of hydrogen-bond donors (Lipinski definition) is 0. The van der Waals surface area contributed by atoms with Crippen molar-refractivity contribution in [1.29, 1.82) is 0 Å². The van der Waals surface area contributed by atoms with Crippen LogP contribution in [-0.2, 0) is 14.6 Å². The number of benzene rings is 1. The lowest BCUT2D eigenvalue weighted by Crippen LogP contribution is -2.31. The summed E-state index contributed by atoms with van der Waals surface area (Å²) in [4.78, 5) is 2.54. The molecule has 1 aromatic rings. The summed E-state index contributed by atoms with van der Waals surface area (Å²) in [5.41, 5.74) is 1.03. The smallest absolute Gasteiger partial charge is 0.178 e. The second kappa shape index (κ2) is 5.28. The van der Waals surface area contributed by atoms with E-state index in [1.807, 2.05) is 19.2 Å². The fourth-order valence-electron chi connectivity index (χ4n) is 2.09. The van der Waals surface area contributed by atoms with E-state index in [-0.39, 0.29) is 5.75 Å². The number of anilines is 1. The third-order valence-electron chi connectivity index (χ3n) is 3.44. The first-order chi connectivity index (χ1) is 8.54. The summed E-state index contributed by atoms with van der Waals surface area (Å²) in [6, 6.07) is 7.47. The molecule has 0 saturated carbocycles. The van der Waals surface area contributed by atoms with Gasteiger partial charge in [-0.3, -0.25) is 0 Å². The average molecular weight is 269 g/mol. The number of nitrogens with zero attached hydrogens (tertiary/aromatic N) is 1. The Labute approximate surface area is 108 Å². The topological polar surface area (TPSA) is 46.6 Å². The molecule has 0 aliphatic carbocycles. The molecule has 1 aliphatic rings. The Morgan fingerprint density at radius 3 is 2.50 bits per heavy atom. The van der Waals surface area contributed by atoms with Gasteiger partial charge in [0.15, 0.2) is 9.84 Å². The molecule has 2 rings (SSSR count). The molecule has 18 heavy (non-hydrogen) atoms. The van der Waals surface area contributed by atoms with E-state index in [0.29, 0.717) is 10.9 Å². The highest BCUT2D eigenvalue weighted by molar-refractivity contribution is 7.91. The molecule has 0 amide bonds. The summed E-state index contributed by atoms with van der Waals surface area (Å²) < 4.78 is 28.8. The van der Waals surface area contributed by atoms with Crippen molar-refractivity contribution in [2.24, 2.45) is 0 Å². The molecule has 1 aromatic carbocycles. The minimum Gasteiger partial charge on any atom is -0.379 e. The quantitative estimate of drug-likeness (QED) is 0.835. The lowest BCUT2D eigenvalue weighted by Gasteiger charge is -2.25. The van der Waals surface area contributed by atoms with E-state index < -0.39 is 9.84 Å². The molecule has 0 radical (unpaired) electrons. The highest BCUT2D eigenvalue weighted by Gasteiger charge is 2.21. The molecular formula is C13H19NO3S. The van der Waals surface area contributed by atoms with Crippen LogP contribution in [0.25, 0.3) is 0 Å². The Bertz CT molecular complexity index is 489. The molecule has 0 unspecified atom stereocenters. The maximum atomic E-state index is 11.7. The van der Waals surface area contributed by atoms with Gasteiger partial charge in [0, 0.05) is 19.3 Å². The van der Waals surface area contributed by atoms with Crippen LogP contribution in [0.4, 0.5) is 5.69 Å². The van der Waals surface area contributed by atoms with Gasteiger partial charge in [0.25, 0.3) is 0 Å². The van der Waals surface area contributed by atoms with Gasteiger partial charge >= 0.3 is 0 Å². The van der Waals surface area contributed by atoms with Gasteiger partial charge in [0.05, 0.1) is 23.3 Å². The first-order valence-electron chi connectivity index (χ1n) is 6.18. The van der Waals surface area contributed by atoms with E-state index in [1.54, 1.807) is 19.1 Å². The zero-order chi connectivity index (χ0) is 13.2. The zero-order valence-electron chi connectivity index (χ0n) is 10.8. The lowest BCUT2D eigenvalue weighted by molar-refractivity contribution is 0.193. The van der Waals surface area contributed by atoms with Crippen molar-refractivity contribution in [3.8, 4) is 0 Å². The second-order valence-electron chi connectivity index (χ2n) is 4.53. The van der Waals surface area contributed by atoms with Crippen LogP contribution in [0.1, 0.15) is 13.3 Å². The summed E-state index contributed by atoms with van der Waals surface area (Å²) in [7, 11) is -1.09. The molecule has 0 aromatic heterocycles. The maximum Gasteiger partial charge on any atom is 0.178 e. The largest absolute Gasteiger partial charge is 0.379 e. The highest BCUT2D eigenvalue weighted by atomic mass is 32.2. The summed E-state index contributed by atoms with van der Waals surface area (Å²) in [6.45, 7) is 3.20. The zero-order valence-corrected chi connectivity index (χ0v) is 11.6. The summed E-state index contributed by atoms with van der Waals surface area (Å²) in [5.74, 6) is 0.138. The molecule has 4 nitrogen and oxygen atoms in total. The Balaban J connectivity index is 2.17. The van der Waals surface area contributed by atoms with Gasteiger partial charge in [0.1, 0.15) is 0 Å². The van der Waals surface area contributed by atoms with Crippen molar-refractivity contribution in [3.05, 3.63) is 24.3 Å². The molecule has 1 saturated heterocycles. The van der Waals surface area contributed by atoms with Crippen LogP contribution in [0.2, 0.25) is 0 Å². The van der Waals surface area contributed by atoms with Gasteiger partial charge in [-0.25, -0.2) is 8.42 Å². The Morgan fingerprint density at radius 2 is 2.00 bits per heavy atom. The monoisotopic (exact) mass is 269 g/mol. The Hall–Kier alpha value is -1.07. The SMILES string of the molecule is CCS(=O)(=O)c1ccc(N(C)[C@@H]2CCOC2)cc1. The summed E-state index contributed by atoms with van der Waals surface area (Å²) in [6.07, 6.45) is 1.02. The minimum absolute atomic E-state index is 0.138. The average Bonchev–Trinajstić information content (AvgIpc) is 2.92. The van der Waals surface area contributed by atoms with E-state index in [2.05, 4.69) is 4.90 Å². The van der Waals surface area contributed by atoms with Gasteiger partial charge < -0.3 is 9.64 Å². The van der Waals surface area contributed by atoms with Gasteiger partial charge in [0.2, 0.25) is 0 Å². The lowest BCUT2D eigenvalue weighted by atomic mass is 10.2. The van der Waals surface area contributed by atoms with E-state index in [0.717, 1.165) is 25.3 Å². The van der Waals surface area contributed by atoms with Crippen molar-refractivity contribution in [2.75, 3.05) is 30.9 Å². The van der Waals surface area contributed by atoms with E-state index >= 15 is 0 Å². The third kappa shape index (κ3) is 2.67. The molecule has 0 N–H and O–H groups in total. The molecule has 100 valence electrons. The molecule has 0 bridgehead atoms. The molecule has 1 aliphatic heterocycles. The van der Waals surface area contributed by atoms with E-state index in [9.17, 15) is 8.42 Å². The van der Waals surface area contributed by atoms with Gasteiger partial charge in [-0.1, -0.05) is 6.92 Å². The maximum absolute atomic E-state index is 11.7. The molecule has 0 spiro atoms. The van der Waals surface area contributed by atoms with Gasteiger partial charge in [-0.05, 0) is 30.7 Å². The first kappa shape index (κ1) is 13.4. The van der Waals surface area contributed by atoms with Crippen LogP contribution >= 0.6 is 0 Å². The van der Waals surface area contributed by atoms with Crippen LogP contribution in [0.3, 0.4) is 0 Å². The summed E-state index contributed by atoms with van der Waals surface area (Å²) >= 11 is 0. The van der Waals surface area contributed by atoms with Crippen LogP contribution in [0.5, 0.6) is 0 Å². The Morgan fingerprint density at radius 1 is 1.33 bits per heavy atom. The van der Waals surface area contributed by atoms with E-state index in [1.165, 1.54) is 0 Å². The van der Waals surface area contributed by atoms with Crippen LogP contribution in [0.15, 0.2) is 29.2 Å². The fourth-order valence-corrected chi connectivity index (χ4v) is 2.98. The van der Waals surface area contributed by atoms with E-state index in [4.69, 9.17) is 4.74 Å². The number of ether oxygens (including phenoxy) is 1. The predicted molar refractivity (Wildman–Crippen MR) is 71.8 cm³/mol. The number of rotatable bonds is 4. The van der Waals surface area contributed by atoms with Crippen molar-refractivity contribution in [2.45, 2.75) is 24.3 Å². The normalized spacial score (nSPS) is 20.0. The molecule has 1 fully saturated rings. The van der Waals surface area contributed by atoms with Crippen molar-refractivity contribution < 1.29 is 13.2 Å². The number of hydrogen-bond acceptors (Lipinski definition) is 4. The number of likely N-dealkylation sites (N-methyl/N-ethyl adjacent to an activating group) is 1. The predicted octanol–water partition coefficient (Wildman–Crippen LogP) is 1.71. The molecular weight excluding hydrogens is 250 g/mol. The highest BCUT2D eigenvalue weighted by Crippen LogP contribution is 2.22. The molecule has 5 heteroatoms. The van der Waals surface area contributed by atoms with Crippen molar-refractivity contribution >= 4 is 15.5 Å². The first-order valence-corrected chi connectivity index (χ1v) is 7.83. The third-order valence-corrected chi connectivity index (χ3v) is 5.19. The standard InChI is InChI=1S/C13H19NO3S/c1-3-18(15,16)13-6-4-11(5-7-13)14(2)12-8-9-17-10-12/h4-7,12H,3,8-10H2,1-2H3/t12-/m1/s1. The molecule has 1 heterocycles. The molecule has 1 atom stereocenters. The van der Waals surface area contributed by atoms with Crippen molar-refractivity contribution in [3.63, 3.8) is 0 Å². The summed E-state index contributed by atoms with van der Waals surface area (Å²) in [5, 5.41) is 0. The van der Waals surface area contributed by atoms with Crippen LogP contribution in [-0.4, -0.2) is 40.5 Å². The minimum atomic E-state index is -3.10. The van der Waals surface area contributed by atoms with Crippen LogP contribution in [0, 0.1) is 0 Å². The van der Waals surface area contributed by atoms with Gasteiger partial charge in [-0.15, -0.1) is 0 Å². The number of sulfone groups is 1. The van der Waals surface area contributed by atoms with Crippen LogP contribution < -0.4 is 4.90 Å². The fraction of sp³-hybridized carbons (Fsp3) is 0.538.